The van der Waals surface area contributed by atoms with Gasteiger partial charge in [-0.3, -0.25) is 9.36 Å². The van der Waals surface area contributed by atoms with Crippen molar-refractivity contribution in [3.63, 3.8) is 0 Å². The van der Waals surface area contributed by atoms with Crippen LogP contribution in [-0.4, -0.2) is 47.3 Å². The Morgan fingerprint density at radius 2 is 2.00 bits per heavy atom. The summed E-state index contributed by atoms with van der Waals surface area (Å²) < 4.78 is 9.84. The van der Waals surface area contributed by atoms with Gasteiger partial charge in [-0.05, 0) is 30.0 Å². The zero-order chi connectivity index (χ0) is 21.4. The molecule has 10 nitrogen and oxygen atoms in total. The Hall–Kier alpha value is -3.60. The van der Waals surface area contributed by atoms with Gasteiger partial charge in [-0.1, -0.05) is 5.16 Å². The van der Waals surface area contributed by atoms with E-state index in [2.05, 4.69) is 48.2 Å². The minimum Gasteiger partial charge on any atom is -0.371 e. The summed E-state index contributed by atoms with van der Waals surface area (Å²) in [5.41, 5.74) is 4.91. The fraction of sp³-hybridized carbons (Fsp3) is 0.333. The average Bonchev–Trinajstić information content (AvgIpc) is 3.38. The summed E-state index contributed by atoms with van der Waals surface area (Å²) in [5, 5.41) is 4.22. The van der Waals surface area contributed by atoms with Crippen molar-refractivity contribution in [2.75, 3.05) is 18.0 Å². The number of hydrogen-bond donors (Lipinski definition) is 0. The van der Waals surface area contributed by atoms with Crippen molar-refractivity contribution in [1.82, 2.24) is 34.2 Å². The number of aryl methyl sites for hydroxylation is 1. The molecule has 0 spiro atoms. The van der Waals surface area contributed by atoms with Gasteiger partial charge < -0.3 is 14.0 Å². The molecular weight excluding hydrogens is 428 g/mol. The van der Waals surface area contributed by atoms with E-state index in [0.29, 0.717) is 34.8 Å². The largest absolute Gasteiger partial charge is 0.371 e. The van der Waals surface area contributed by atoms with Crippen LogP contribution in [-0.2, 0) is 13.6 Å². The molecule has 0 bridgehead atoms. The second-order valence-electron chi connectivity index (χ2n) is 8.51. The fourth-order valence-corrected chi connectivity index (χ4v) is 5.67. The van der Waals surface area contributed by atoms with Crippen molar-refractivity contribution in [3.8, 4) is 0 Å². The summed E-state index contributed by atoms with van der Waals surface area (Å²) in [6.45, 7) is 2.18. The number of benzene rings is 1. The molecule has 4 aromatic heterocycles. The van der Waals surface area contributed by atoms with Crippen molar-refractivity contribution in [2.45, 2.75) is 12.5 Å². The molecule has 2 fully saturated rings. The molecule has 1 aromatic carbocycles. The predicted octanol–water partition coefficient (Wildman–Crippen LogP) is 2.02. The van der Waals surface area contributed by atoms with E-state index in [0.717, 1.165) is 24.4 Å². The van der Waals surface area contributed by atoms with Gasteiger partial charge in [-0.25, -0.2) is 15.0 Å². The van der Waals surface area contributed by atoms with Gasteiger partial charge in [0.05, 0.1) is 22.1 Å². The van der Waals surface area contributed by atoms with Crippen LogP contribution in [0.1, 0.15) is 17.6 Å². The van der Waals surface area contributed by atoms with E-state index in [1.54, 1.807) is 29.3 Å². The van der Waals surface area contributed by atoms with Gasteiger partial charge in [0.15, 0.2) is 17.0 Å². The topological polar surface area (TPSA) is 108 Å². The molecule has 0 radical (unpaired) electrons. The van der Waals surface area contributed by atoms with Crippen LogP contribution in [0.15, 0.2) is 45.7 Å². The number of fused-ring (bicyclic) bond motifs is 3. The lowest BCUT2D eigenvalue weighted by atomic mass is 10.2. The van der Waals surface area contributed by atoms with E-state index in [1.807, 2.05) is 5.51 Å². The second kappa shape index (κ2) is 6.45. The third-order valence-corrected chi connectivity index (χ3v) is 7.45. The Kier molecular flexibility index (Phi) is 3.63. The Bertz CT molecular complexity index is 1540. The van der Waals surface area contributed by atoms with Crippen molar-refractivity contribution < 1.29 is 4.52 Å². The molecule has 2 atom stereocenters. The van der Waals surface area contributed by atoms with E-state index in [-0.39, 0.29) is 12.1 Å². The highest BCUT2D eigenvalue weighted by molar-refractivity contribution is 7.16. The molecule has 0 amide bonds. The molecular formula is C21H18N8O2S. The zero-order valence-electron chi connectivity index (χ0n) is 17.1. The lowest BCUT2D eigenvalue weighted by Gasteiger charge is -2.21. The predicted molar refractivity (Wildman–Crippen MR) is 118 cm³/mol. The molecule has 5 heterocycles. The number of piperidine rings is 1. The number of hydrogen-bond acceptors (Lipinski definition) is 9. The number of aromatic nitrogens is 7. The first kappa shape index (κ1) is 18.0. The fourth-order valence-electron chi connectivity index (χ4n) is 4.96. The van der Waals surface area contributed by atoms with E-state index in [9.17, 15) is 4.79 Å². The first-order valence-electron chi connectivity index (χ1n) is 10.4. The molecule has 11 heteroatoms. The minimum atomic E-state index is -0.174. The highest BCUT2D eigenvalue weighted by Crippen LogP contribution is 2.58. The number of thiazole rings is 1. The summed E-state index contributed by atoms with van der Waals surface area (Å²) in [5.74, 6) is 2.56. The molecule has 1 aliphatic carbocycles. The molecule has 1 saturated carbocycles. The summed E-state index contributed by atoms with van der Waals surface area (Å²) in [4.78, 5) is 32.5. The molecule has 0 N–H and O–H groups in total. The smallest absolute Gasteiger partial charge is 0.280 e. The number of imidazole rings is 1. The van der Waals surface area contributed by atoms with Crippen LogP contribution in [0.5, 0.6) is 0 Å². The zero-order valence-corrected chi connectivity index (χ0v) is 17.9. The lowest BCUT2D eigenvalue weighted by Crippen LogP contribution is -2.23. The number of nitrogens with zero attached hydrogens (tertiary/aromatic N) is 8. The molecule has 5 aromatic rings. The Morgan fingerprint density at radius 1 is 1.16 bits per heavy atom. The van der Waals surface area contributed by atoms with Crippen molar-refractivity contribution in [2.24, 2.45) is 18.9 Å². The van der Waals surface area contributed by atoms with Crippen LogP contribution < -0.4 is 10.5 Å². The quantitative estimate of drug-likeness (QED) is 0.413. The maximum atomic E-state index is 12.7. The Balaban J connectivity index is 1.07. The first-order valence-corrected chi connectivity index (χ1v) is 11.3. The van der Waals surface area contributed by atoms with Crippen LogP contribution in [0.4, 0.5) is 5.69 Å². The maximum Gasteiger partial charge on any atom is 0.280 e. The van der Waals surface area contributed by atoms with Crippen LogP contribution in [0.2, 0.25) is 0 Å². The first-order chi connectivity index (χ1) is 15.7. The normalized spacial score (nSPS) is 22.2. The summed E-state index contributed by atoms with van der Waals surface area (Å²) in [6, 6.07) is 6.47. The van der Waals surface area contributed by atoms with Crippen molar-refractivity contribution in [3.05, 3.63) is 58.4 Å². The monoisotopic (exact) mass is 446 g/mol. The number of anilines is 1. The summed E-state index contributed by atoms with van der Waals surface area (Å²) in [7, 11) is 1.78. The van der Waals surface area contributed by atoms with Gasteiger partial charge >= 0.3 is 0 Å². The molecule has 2 aliphatic rings. The van der Waals surface area contributed by atoms with Crippen LogP contribution in [0.3, 0.4) is 0 Å². The molecule has 7 rings (SSSR count). The van der Waals surface area contributed by atoms with Crippen LogP contribution in [0.25, 0.3) is 21.4 Å². The highest BCUT2D eigenvalue weighted by Gasteiger charge is 2.58. The van der Waals surface area contributed by atoms with Crippen LogP contribution >= 0.6 is 11.3 Å². The second-order valence-corrected chi connectivity index (χ2v) is 9.40. The maximum absolute atomic E-state index is 12.7. The average molecular weight is 446 g/mol. The Morgan fingerprint density at radius 3 is 2.88 bits per heavy atom. The van der Waals surface area contributed by atoms with Gasteiger partial charge in [-0.2, -0.15) is 4.98 Å². The third kappa shape index (κ3) is 2.63. The van der Waals surface area contributed by atoms with E-state index in [1.165, 1.54) is 21.3 Å². The minimum absolute atomic E-state index is 0.174. The van der Waals surface area contributed by atoms with Gasteiger partial charge in [-0.15, -0.1) is 11.3 Å². The molecule has 2 unspecified atom stereocenters. The van der Waals surface area contributed by atoms with Gasteiger partial charge in [0.2, 0.25) is 5.89 Å². The van der Waals surface area contributed by atoms with Gasteiger partial charge in [0, 0.05) is 31.7 Å². The van der Waals surface area contributed by atoms with E-state index >= 15 is 0 Å². The van der Waals surface area contributed by atoms with Crippen molar-refractivity contribution in [1.29, 1.82) is 0 Å². The molecule has 160 valence electrons. The van der Waals surface area contributed by atoms with Crippen LogP contribution in [0, 0.1) is 11.8 Å². The Labute approximate surface area is 185 Å². The molecule has 1 saturated heterocycles. The van der Waals surface area contributed by atoms with Crippen molar-refractivity contribution >= 4 is 38.4 Å². The lowest BCUT2D eigenvalue weighted by molar-refractivity contribution is 0.363. The standard InChI is InChI=1S/C21H18N8O2S/c1-27-8-22-20-18(27)21(30)29(9-23-20)7-16-25-19(26-31-16)17-12-5-28(6-13(12)17)11-2-3-14-15(4-11)32-10-24-14/h2-4,8-10,12-13,17H,5-7H2,1H3. The van der Waals surface area contributed by atoms with Gasteiger partial charge in [0.1, 0.15) is 12.9 Å². The van der Waals surface area contributed by atoms with E-state index < -0.39 is 0 Å². The summed E-state index contributed by atoms with van der Waals surface area (Å²) >= 11 is 1.67. The highest BCUT2D eigenvalue weighted by atomic mass is 32.1. The van der Waals surface area contributed by atoms with Gasteiger partial charge in [0.25, 0.3) is 5.56 Å². The third-order valence-electron chi connectivity index (χ3n) is 6.66. The summed E-state index contributed by atoms with van der Waals surface area (Å²) in [6.07, 6.45) is 3.06. The van der Waals surface area contributed by atoms with E-state index in [4.69, 9.17) is 4.52 Å². The number of rotatable bonds is 4. The SMILES string of the molecule is Cn1cnc2ncn(Cc3nc(C4C5CN(c6ccc7ncsc7c6)CC54)no3)c(=O)c21. The molecule has 1 aliphatic heterocycles. The molecule has 32 heavy (non-hydrogen) atoms.